The van der Waals surface area contributed by atoms with Crippen molar-refractivity contribution in [3.63, 3.8) is 0 Å². The number of aromatic nitrogens is 3. The maximum atomic E-state index is 5.61. The molecular formula is C25H32N4O2. The van der Waals surface area contributed by atoms with Crippen LogP contribution in [0.15, 0.2) is 53.3 Å². The van der Waals surface area contributed by atoms with E-state index in [1.54, 1.807) is 19.5 Å². The summed E-state index contributed by atoms with van der Waals surface area (Å²) in [6.07, 6.45) is 6.38. The fourth-order valence-corrected chi connectivity index (χ4v) is 4.33. The van der Waals surface area contributed by atoms with Crippen LogP contribution in [0, 0.1) is 0 Å². The number of hydrogen-bond donors (Lipinski definition) is 0. The van der Waals surface area contributed by atoms with Crippen molar-refractivity contribution in [2.75, 3.05) is 26.8 Å². The molecule has 1 fully saturated rings. The molecular weight excluding hydrogens is 388 g/mol. The highest BCUT2D eigenvalue weighted by Gasteiger charge is 2.40. The molecule has 0 unspecified atom stereocenters. The second-order valence-electron chi connectivity index (χ2n) is 8.86. The van der Waals surface area contributed by atoms with Crippen LogP contribution in [-0.2, 0) is 16.7 Å². The first kappa shape index (κ1) is 21.7. The predicted octanol–water partition coefficient (Wildman–Crippen LogP) is 4.83. The van der Waals surface area contributed by atoms with Crippen LogP contribution >= 0.6 is 0 Å². The van der Waals surface area contributed by atoms with E-state index in [2.05, 4.69) is 53.2 Å². The molecule has 0 N–H and O–H groups in total. The van der Waals surface area contributed by atoms with Crippen molar-refractivity contribution in [1.29, 1.82) is 0 Å². The highest BCUT2D eigenvalue weighted by molar-refractivity contribution is 5.50. The number of piperidine rings is 1. The molecule has 3 aromatic rings. The van der Waals surface area contributed by atoms with Gasteiger partial charge < -0.3 is 9.26 Å². The molecule has 0 bridgehead atoms. The minimum absolute atomic E-state index is 0.113. The van der Waals surface area contributed by atoms with Crippen molar-refractivity contribution in [2.45, 2.75) is 51.0 Å². The van der Waals surface area contributed by atoms with Gasteiger partial charge in [0.1, 0.15) is 0 Å². The predicted molar refractivity (Wildman–Crippen MR) is 121 cm³/mol. The maximum Gasteiger partial charge on any atom is 0.259 e. The zero-order valence-electron chi connectivity index (χ0n) is 18.8. The van der Waals surface area contributed by atoms with Crippen molar-refractivity contribution < 1.29 is 9.26 Å². The lowest BCUT2D eigenvalue weighted by Gasteiger charge is -2.39. The first-order valence-electron chi connectivity index (χ1n) is 11.1. The number of rotatable bonds is 8. The third-order valence-electron chi connectivity index (χ3n) is 6.46. The SMILES string of the molecule is COCCC1(c2noc(-c3cccnc3)n2)CCN(Cc2ccc(C(C)C)cc2)CC1. The van der Waals surface area contributed by atoms with Gasteiger partial charge in [-0.3, -0.25) is 9.88 Å². The van der Waals surface area contributed by atoms with Crippen molar-refractivity contribution in [3.8, 4) is 11.5 Å². The van der Waals surface area contributed by atoms with Gasteiger partial charge in [0.25, 0.3) is 5.89 Å². The quantitative estimate of drug-likeness (QED) is 0.520. The summed E-state index contributed by atoms with van der Waals surface area (Å²) in [5.41, 5.74) is 3.50. The summed E-state index contributed by atoms with van der Waals surface area (Å²) in [6.45, 7) is 8.14. The van der Waals surface area contributed by atoms with E-state index in [1.165, 1.54) is 11.1 Å². The summed E-state index contributed by atoms with van der Waals surface area (Å²) in [5.74, 6) is 1.90. The molecule has 0 radical (unpaired) electrons. The number of likely N-dealkylation sites (tertiary alicyclic amines) is 1. The summed E-state index contributed by atoms with van der Waals surface area (Å²) in [7, 11) is 1.75. The lowest BCUT2D eigenvalue weighted by molar-refractivity contribution is 0.103. The maximum absolute atomic E-state index is 5.61. The van der Waals surface area contributed by atoms with E-state index in [9.17, 15) is 0 Å². The second kappa shape index (κ2) is 9.71. The molecule has 1 aromatic carbocycles. The van der Waals surface area contributed by atoms with E-state index in [0.29, 0.717) is 18.4 Å². The molecule has 31 heavy (non-hydrogen) atoms. The lowest BCUT2D eigenvalue weighted by Crippen LogP contribution is -2.43. The first-order valence-corrected chi connectivity index (χ1v) is 11.1. The van der Waals surface area contributed by atoms with E-state index < -0.39 is 0 Å². The summed E-state index contributed by atoms with van der Waals surface area (Å²) >= 11 is 0. The average molecular weight is 421 g/mol. The Morgan fingerprint density at radius 1 is 1.13 bits per heavy atom. The molecule has 0 amide bonds. The second-order valence-corrected chi connectivity index (χ2v) is 8.86. The van der Waals surface area contributed by atoms with Crippen LogP contribution in [0.25, 0.3) is 11.5 Å². The Balaban J connectivity index is 1.45. The third-order valence-corrected chi connectivity index (χ3v) is 6.46. The van der Waals surface area contributed by atoms with E-state index >= 15 is 0 Å². The molecule has 6 nitrogen and oxygen atoms in total. The molecule has 1 aliphatic rings. The number of benzene rings is 1. The molecule has 6 heteroatoms. The van der Waals surface area contributed by atoms with Gasteiger partial charge in [-0.1, -0.05) is 43.3 Å². The molecule has 1 aliphatic heterocycles. The summed E-state index contributed by atoms with van der Waals surface area (Å²) in [5, 5.41) is 4.39. The van der Waals surface area contributed by atoms with Gasteiger partial charge in [-0.25, -0.2) is 0 Å². The molecule has 1 saturated heterocycles. The fourth-order valence-electron chi connectivity index (χ4n) is 4.33. The van der Waals surface area contributed by atoms with Crippen LogP contribution in [-0.4, -0.2) is 46.8 Å². The minimum Gasteiger partial charge on any atom is -0.385 e. The standard InChI is InChI=1S/C25H32N4O2/c1-19(2)21-8-6-20(7-9-21)18-29-14-10-25(11-15-29,12-16-30-3)24-27-23(31-28-24)22-5-4-13-26-17-22/h4-9,13,17,19H,10-12,14-16,18H2,1-3H3. The normalized spacial score (nSPS) is 16.6. The number of nitrogens with zero attached hydrogens (tertiary/aromatic N) is 4. The highest BCUT2D eigenvalue weighted by Crippen LogP contribution is 2.38. The number of ether oxygens (including phenoxy) is 1. The number of pyridine rings is 1. The Labute approximate surface area is 184 Å². The van der Waals surface area contributed by atoms with Crippen molar-refractivity contribution in [3.05, 3.63) is 65.7 Å². The Kier molecular flexibility index (Phi) is 6.78. The molecule has 0 aliphatic carbocycles. The Morgan fingerprint density at radius 2 is 1.90 bits per heavy atom. The molecule has 0 saturated carbocycles. The molecule has 2 aromatic heterocycles. The van der Waals surface area contributed by atoms with Gasteiger partial charge in [0.2, 0.25) is 0 Å². The Bertz CT molecular complexity index is 945. The smallest absolute Gasteiger partial charge is 0.259 e. The van der Waals surface area contributed by atoms with Crippen LogP contribution in [0.4, 0.5) is 0 Å². The van der Waals surface area contributed by atoms with E-state index in [0.717, 1.165) is 50.3 Å². The summed E-state index contributed by atoms with van der Waals surface area (Å²) in [6, 6.07) is 12.9. The minimum atomic E-state index is -0.113. The number of hydrogen-bond acceptors (Lipinski definition) is 6. The summed E-state index contributed by atoms with van der Waals surface area (Å²) in [4.78, 5) is 11.5. The van der Waals surface area contributed by atoms with E-state index in [4.69, 9.17) is 14.2 Å². The monoisotopic (exact) mass is 420 g/mol. The fraction of sp³-hybridized carbons (Fsp3) is 0.480. The molecule has 0 atom stereocenters. The summed E-state index contributed by atoms with van der Waals surface area (Å²) < 4.78 is 11.0. The molecule has 0 spiro atoms. The Morgan fingerprint density at radius 3 is 2.55 bits per heavy atom. The number of methoxy groups -OCH3 is 1. The van der Waals surface area contributed by atoms with Gasteiger partial charge in [-0.2, -0.15) is 4.98 Å². The van der Waals surface area contributed by atoms with Gasteiger partial charge in [-0.05, 0) is 61.5 Å². The van der Waals surface area contributed by atoms with Gasteiger partial charge in [0.05, 0.1) is 5.56 Å². The van der Waals surface area contributed by atoms with Crippen molar-refractivity contribution >= 4 is 0 Å². The zero-order valence-corrected chi connectivity index (χ0v) is 18.8. The zero-order chi connectivity index (χ0) is 21.7. The van der Waals surface area contributed by atoms with Crippen LogP contribution in [0.1, 0.15) is 56.0 Å². The largest absolute Gasteiger partial charge is 0.385 e. The van der Waals surface area contributed by atoms with Gasteiger partial charge in [0.15, 0.2) is 5.82 Å². The van der Waals surface area contributed by atoms with Crippen LogP contribution in [0.3, 0.4) is 0 Å². The van der Waals surface area contributed by atoms with Crippen LogP contribution in [0.5, 0.6) is 0 Å². The Hall–Kier alpha value is -2.57. The van der Waals surface area contributed by atoms with Gasteiger partial charge >= 0.3 is 0 Å². The van der Waals surface area contributed by atoms with Crippen LogP contribution < -0.4 is 0 Å². The van der Waals surface area contributed by atoms with Gasteiger partial charge in [0, 0.05) is 38.1 Å². The van der Waals surface area contributed by atoms with E-state index in [1.807, 2.05) is 12.1 Å². The topological polar surface area (TPSA) is 64.3 Å². The lowest BCUT2D eigenvalue weighted by atomic mass is 9.75. The molecule has 164 valence electrons. The third kappa shape index (κ3) is 5.02. The van der Waals surface area contributed by atoms with E-state index in [-0.39, 0.29) is 5.41 Å². The first-order chi connectivity index (χ1) is 15.1. The van der Waals surface area contributed by atoms with Crippen LogP contribution in [0.2, 0.25) is 0 Å². The molecule has 4 rings (SSSR count). The highest BCUT2D eigenvalue weighted by atomic mass is 16.5. The molecule has 3 heterocycles. The van der Waals surface area contributed by atoms with Crippen molar-refractivity contribution in [2.24, 2.45) is 0 Å². The average Bonchev–Trinajstić information content (AvgIpc) is 3.31. The van der Waals surface area contributed by atoms with Gasteiger partial charge in [-0.15, -0.1) is 0 Å². The van der Waals surface area contributed by atoms with Crippen molar-refractivity contribution in [1.82, 2.24) is 20.0 Å².